The van der Waals surface area contributed by atoms with E-state index in [1.54, 1.807) is 17.8 Å². The van der Waals surface area contributed by atoms with Gasteiger partial charge in [-0.3, -0.25) is 4.79 Å². The van der Waals surface area contributed by atoms with E-state index in [2.05, 4.69) is 12.1 Å². The van der Waals surface area contributed by atoms with Gasteiger partial charge in [0.05, 0.1) is 0 Å². The van der Waals surface area contributed by atoms with E-state index in [4.69, 9.17) is 0 Å². The van der Waals surface area contributed by atoms with Crippen molar-refractivity contribution in [1.29, 1.82) is 0 Å². The lowest BCUT2D eigenvalue weighted by atomic mass is 10.2. The maximum atomic E-state index is 11.5. The van der Waals surface area contributed by atoms with Gasteiger partial charge in [-0.25, -0.2) is 0 Å². The third kappa shape index (κ3) is 2.54. The predicted molar refractivity (Wildman–Crippen MR) is 73.6 cm³/mol. The largest absolute Gasteiger partial charge is 0.278 e. The van der Waals surface area contributed by atoms with E-state index in [1.165, 1.54) is 16.7 Å². The summed E-state index contributed by atoms with van der Waals surface area (Å²) in [6.45, 7) is 2.00. The first-order valence-electron chi connectivity index (χ1n) is 5.08. The average Bonchev–Trinajstić information content (AvgIpc) is 2.29. The third-order valence-corrected chi connectivity index (χ3v) is 4.09. The number of allylic oxidation sites excluding steroid dienone is 1. The summed E-state index contributed by atoms with van der Waals surface area (Å²) in [6, 6.07) is 9.80. The third-order valence-electron chi connectivity index (χ3n) is 2.18. The number of hydrogen-bond donors (Lipinski definition) is 0. The molecule has 16 heavy (non-hydrogen) atoms. The summed E-state index contributed by atoms with van der Waals surface area (Å²) in [5.74, 6) is 0.911. The SMILES string of the molecule is C/C=C\CSc1cc(=O)sc2ccccc12. The summed E-state index contributed by atoms with van der Waals surface area (Å²) in [7, 11) is 0. The van der Waals surface area contributed by atoms with E-state index in [9.17, 15) is 4.79 Å². The minimum Gasteiger partial charge on any atom is -0.278 e. The summed E-state index contributed by atoms with van der Waals surface area (Å²) < 4.78 is 1.19. The van der Waals surface area contributed by atoms with Crippen molar-refractivity contribution < 1.29 is 0 Å². The van der Waals surface area contributed by atoms with Gasteiger partial charge in [0, 0.05) is 26.8 Å². The highest BCUT2D eigenvalue weighted by atomic mass is 32.2. The van der Waals surface area contributed by atoms with Crippen LogP contribution in [0.25, 0.3) is 10.1 Å². The van der Waals surface area contributed by atoms with Gasteiger partial charge in [0.1, 0.15) is 0 Å². The molecule has 0 saturated heterocycles. The van der Waals surface area contributed by atoms with Crippen LogP contribution >= 0.6 is 23.1 Å². The fourth-order valence-electron chi connectivity index (χ4n) is 1.44. The molecule has 1 nitrogen and oxygen atoms in total. The number of hydrogen-bond acceptors (Lipinski definition) is 3. The molecule has 1 aromatic carbocycles. The van der Waals surface area contributed by atoms with Crippen molar-refractivity contribution in [3.63, 3.8) is 0 Å². The monoisotopic (exact) mass is 248 g/mol. The Labute approximate surface area is 103 Å². The smallest absolute Gasteiger partial charge is 0.234 e. The van der Waals surface area contributed by atoms with Crippen LogP contribution in [0.1, 0.15) is 6.92 Å². The topological polar surface area (TPSA) is 17.1 Å². The van der Waals surface area contributed by atoms with E-state index in [1.807, 2.05) is 31.2 Å². The lowest BCUT2D eigenvalue weighted by Crippen LogP contribution is -1.92. The number of rotatable bonds is 3. The van der Waals surface area contributed by atoms with Crippen LogP contribution in [0, 0.1) is 0 Å². The highest BCUT2D eigenvalue weighted by Crippen LogP contribution is 2.28. The molecule has 1 aromatic heterocycles. The Balaban J connectivity index is 2.46. The predicted octanol–water partition coefficient (Wildman–Crippen LogP) is 3.93. The second kappa shape index (κ2) is 5.32. The minimum absolute atomic E-state index is 0.127. The molecule has 0 atom stereocenters. The van der Waals surface area contributed by atoms with Gasteiger partial charge in [-0.2, -0.15) is 0 Å². The Bertz CT molecular complexity index is 569. The molecule has 0 bridgehead atoms. The summed E-state index contributed by atoms with van der Waals surface area (Å²) in [5.41, 5.74) is 0. The molecule has 0 aliphatic carbocycles. The Kier molecular flexibility index (Phi) is 3.80. The van der Waals surface area contributed by atoms with E-state index in [0.717, 1.165) is 15.3 Å². The van der Waals surface area contributed by atoms with Gasteiger partial charge in [-0.1, -0.05) is 41.7 Å². The first kappa shape index (κ1) is 11.4. The lowest BCUT2D eigenvalue weighted by molar-refractivity contribution is 1.53. The van der Waals surface area contributed by atoms with Crippen molar-refractivity contribution in [2.75, 3.05) is 5.75 Å². The van der Waals surface area contributed by atoms with Crippen LogP contribution in [-0.2, 0) is 0 Å². The molecule has 0 radical (unpaired) electrons. The molecular weight excluding hydrogens is 236 g/mol. The maximum absolute atomic E-state index is 11.5. The summed E-state index contributed by atoms with van der Waals surface area (Å²) in [5, 5.41) is 1.18. The van der Waals surface area contributed by atoms with E-state index >= 15 is 0 Å². The standard InChI is InChI=1S/C13H12OS2/c1-2-3-8-15-12-9-13(14)16-11-7-5-4-6-10(11)12/h2-7,9H,8H2,1H3/b3-2-. The van der Waals surface area contributed by atoms with Crippen molar-refractivity contribution >= 4 is 33.2 Å². The number of thioether (sulfide) groups is 1. The molecule has 82 valence electrons. The molecule has 2 aromatic rings. The quantitative estimate of drug-likeness (QED) is 0.604. The zero-order valence-corrected chi connectivity index (χ0v) is 10.6. The van der Waals surface area contributed by atoms with Crippen LogP contribution in [-0.4, -0.2) is 5.75 Å². The van der Waals surface area contributed by atoms with Crippen molar-refractivity contribution in [2.24, 2.45) is 0 Å². The zero-order chi connectivity index (χ0) is 11.4. The van der Waals surface area contributed by atoms with E-state index < -0.39 is 0 Å². The Morgan fingerprint density at radius 1 is 1.38 bits per heavy atom. The van der Waals surface area contributed by atoms with Crippen molar-refractivity contribution in [3.8, 4) is 0 Å². The molecule has 0 aliphatic rings. The van der Waals surface area contributed by atoms with Crippen LogP contribution < -0.4 is 4.74 Å². The second-order valence-corrected chi connectivity index (χ2v) is 5.41. The Morgan fingerprint density at radius 3 is 3.00 bits per heavy atom. The molecule has 2 rings (SSSR count). The molecule has 0 amide bonds. The first-order chi connectivity index (χ1) is 7.81. The van der Waals surface area contributed by atoms with Gasteiger partial charge in [0.15, 0.2) is 0 Å². The van der Waals surface area contributed by atoms with Crippen LogP contribution in [0.2, 0.25) is 0 Å². The normalized spacial score (nSPS) is 11.3. The Hall–Kier alpha value is -1.06. The van der Waals surface area contributed by atoms with E-state index in [0.29, 0.717) is 0 Å². The number of benzene rings is 1. The average molecular weight is 248 g/mol. The molecule has 0 fully saturated rings. The van der Waals surface area contributed by atoms with Crippen molar-refractivity contribution in [1.82, 2.24) is 0 Å². The van der Waals surface area contributed by atoms with Crippen LogP contribution in [0.3, 0.4) is 0 Å². The molecule has 1 heterocycles. The summed E-state index contributed by atoms with van der Waals surface area (Å²) in [6.07, 6.45) is 4.12. The second-order valence-electron chi connectivity index (χ2n) is 3.31. The first-order valence-corrected chi connectivity index (χ1v) is 6.88. The summed E-state index contributed by atoms with van der Waals surface area (Å²) >= 11 is 3.02. The fourth-order valence-corrected chi connectivity index (χ4v) is 3.39. The van der Waals surface area contributed by atoms with Gasteiger partial charge in [-0.05, 0) is 13.0 Å². The molecular formula is C13H12OS2. The maximum Gasteiger partial charge on any atom is 0.234 e. The molecule has 0 N–H and O–H groups in total. The summed E-state index contributed by atoms with van der Waals surface area (Å²) in [4.78, 5) is 12.6. The molecule has 3 heteroatoms. The van der Waals surface area contributed by atoms with Gasteiger partial charge >= 0.3 is 0 Å². The lowest BCUT2D eigenvalue weighted by Gasteiger charge is -2.02. The molecule has 0 spiro atoms. The van der Waals surface area contributed by atoms with Gasteiger partial charge in [0.25, 0.3) is 0 Å². The fraction of sp³-hybridized carbons (Fsp3) is 0.154. The van der Waals surface area contributed by atoms with Crippen molar-refractivity contribution in [2.45, 2.75) is 11.8 Å². The highest BCUT2D eigenvalue weighted by Gasteiger charge is 2.02. The molecule has 0 aliphatic heterocycles. The van der Waals surface area contributed by atoms with Crippen LogP contribution in [0.5, 0.6) is 0 Å². The van der Waals surface area contributed by atoms with E-state index in [-0.39, 0.29) is 4.74 Å². The van der Waals surface area contributed by atoms with Gasteiger partial charge in [-0.15, -0.1) is 11.8 Å². The van der Waals surface area contributed by atoms with Crippen LogP contribution in [0.4, 0.5) is 0 Å². The Morgan fingerprint density at radius 2 is 2.19 bits per heavy atom. The van der Waals surface area contributed by atoms with Crippen LogP contribution in [0.15, 0.2) is 52.2 Å². The molecule has 0 unspecified atom stereocenters. The van der Waals surface area contributed by atoms with Gasteiger partial charge < -0.3 is 0 Å². The van der Waals surface area contributed by atoms with Gasteiger partial charge in [0.2, 0.25) is 4.74 Å². The minimum atomic E-state index is 0.127. The molecule has 0 saturated carbocycles. The zero-order valence-electron chi connectivity index (χ0n) is 8.97. The number of fused-ring (bicyclic) bond motifs is 1. The highest BCUT2D eigenvalue weighted by molar-refractivity contribution is 7.99. The van der Waals surface area contributed by atoms with Crippen molar-refractivity contribution in [3.05, 3.63) is 52.0 Å².